The predicted octanol–water partition coefficient (Wildman–Crippen LogP) is 2.33. The third kappa shape index (κ3) is 2.89. The second kappa shape index (κ2) is 5.83. The van der Waals surface area contributed by atoms with Crippen molar-refractivity contribution in [2.24, 2.45) is 0 Å². The molecule has 0 bridgehead atoms. The molecular formula is C13H19NO4S2. The van der Waals surface area contributed by atoms with E-state index in [1.165, 1.54) is 6.07 Å². The molecule has 1 aliphatic heterocycles. The molecule has 0 spiro atoms. The number of carboxylic acids is 1. The van der Waals surface area contributed by atoms with Crippen LogP contribution in [0.2, 0.25) is 0 Å². The standard InChI is InChI=1S/C13H19NO4S2/c1-3-10-5-4-9(2)14(10)20(17,18)13-7-6-11(19-13)8-12(15)16/h6-7,9-10H,3-5,8H2,1-2H3,(H,15,16). The third-order valence-electron chi connectivity index (χ3n) is 3.68. The Kier molecular flexibility index (Phi) is 4.51. The van der Waals surface area contributed by atoms with Crippen LogP contribution in [0.1, 0.15) is 38.0 Å². The normalized spacial score (nSPS) is 24.1. The lowest BCUT2D eigenvalue weighted by atomic mass is 10.2. The van der Waals surface area contributed by atoms with Crippen molar-refractivity contribution in [3.05, 3.63) is 17.0 Å². The van der Waals surface area contributed by atoms with E-state index in [0.717, 1.165) is 30.6 Å². The molecule has 0 radical (unpaired) electrons. The van der Waals surface area contributed by atoms with Crippen molar-refractivity contribution in [1.82, 2.24) is 4.31 Å². The molecule has 0 aliphatic carbocycles. The number of rotatable bonds is 5. The second-order valence-corrected chi connectivity index (χ2v) is 8.35. The Labute approximate surface area is 123 Å². The lowest BCUT2D eigenvalue weighted by Crippen LogP contribution is -2.39. The quantitative estimate of drug-likeness (QED) is 0.904. The minimum atomic E-state index is -3.51. The fourth-order valence-electron chi connectivity index (χ4n) is 2.71. The van der Waals surface area contributed by atoms with Crippen LogP contribution in [0.3, 0.4) is 0 Å². The third-order valence-corrected chi connectivity index (χ3v) is 7.30. The molecule has 0 aromatic carbocycles. The van der Waals surface area contributed by atoms with Gasteiger partial charge in [0.25, 0.3) is 10.0 Å². The minimum absolute atomic E-state index is 0.00923. The molecule has 2 heterocycles. The summed E-state index contributed by atoms with van der Waals surface area (Å²) in [5.74, 6) is -0.947. The van der Waals surface area contributed by atoms with Gasteiger partial charge in [-0.05, 0) is 38.3 Å². The maximum atomic E-state index is 12.7. The van der Waals surface area contributed by atoms with Gasteiger partial charge >= 0.3 is 5.97 Å². The number of aliphatic carboxylic acids is 1. The number of sulfonamides is 1. The maximum Gasteiger partial charge on any atom is 0.308 e. The Hall–Kier alpha value is -0.920. The fraction of sp³-hybridized carbons (Fsp3) is 0.615. The van der Waals surface area contributed by atoms with Crippen LogP contribution in [0.25, 0.3) is 0 Å². The first-order chi connectivity index (χ1) is 9.36. The number of carbonyl (C=O) groups is 1. The van der Waals surface area contributed by atoms with E-state index in [1.54, 1.807) is 10.4 Å². The largest absolute Gasteiger partial charge is 0.481 e. The monoisotopic (exact) mass is 317 g/mol. The van der Waals surface area contributed by atoms with Crippen molar-refractivity contribution in [1.29, 1.82) is 0 Å². The fourth-order valence-corrected chi connectivity index (χ4v) is 6.11. The topological polar surface area (TPSA) is 74.7 Å². The Balaban J connectivity index is 2.30. The smallest absolute Gasteiger partial charge is 0.308 e. The SMILES string of the molecule is CCC1CCC(C)N1S(=O)(=O)c1ccc(CC(=O)O)s1. The van der Waals surface area contributed by atoms with Crippen LogP contribution in [0.4, 0.5) is 0 Å². The van der Waals surface area contributed by atoms with Gasteiger partial charge in [0.2, 0.25) is 0 Å². The summed E-state index contributed by atoms with van der Waals surface area (Å²) in [5, 5.41) is 8.76. The van der Waals surface area contributed by atoms with E-state index in [9.17, 15) is 13.2 Å². The predicted molar refractivity (Wildman–Crippen MR) is 77.5 cm³/mol. The maximum absolute atomic E-state index is 12.7. The average Bonchev–Trinajstić information content (AvgIpc) is 2.95. The first-order valence-corrected chi connectivity index (χ1v) is 8.96. The number of carboxylic acid groups (broad SMARTS) is 1. The molecule has 20 heavy (non-hydrogen) atoms. The molecule has 1 aromatic heterocycles. The van der Waals surface area contributed by atoms with Gasteiger partial charge in [-0.1, -0.05) is 6.92 Å². The summed E-state index contributed by atoms with van der Waals surface area (Å²) in [4.78, 5) is 11.2. The van der Waals surface area contributed by atoms with Gasteiger partial charge in [-0.2, -0.15) is 4.31 Å². The van der Waals surface area contributed by atoms with Crippen LogP contribution in [0.5, 0.6) is 0 Å². The second-order valence-electron chi connectivity index (χ2n) is 5.11. The molecule has 2 unspecified atom stereocenters. The zero-order valence-corrected chi connectivity index (χ0v) is 13.2. The van der Waals surface area contributed by atoms with Crippen molar-refractivity contribution in [3.8, 4) is 0 Å². The number of thiophene rings is 1. The van der Waals surface area contributed by atoms with Gasteiger partial charge in [0, 0.05) is 17.0 Å². The van der Waals surface area contributed by atoms with E-state index in [0.29, 0.717) is 4.88 Å². The lowest BCUT2D eigenvalue weighted by molar-refractivity contribution is -0.136. The molecule has 5 nitrogen and oxygen atoms in total. The van der Waals surface area contributed by atoms with Gasteiger partial charge in [0.1, 0.15) is 4.21 Å². The van der Waals surface area contributed by atoms with Crippen molar-refractivity contribution in [2.45, 2.75) is 55.8 Å². The molecule has 112 valence electrons. The molecule has 2 atom stereocenters. The molecule has 1 aromatic rings. The highest BCUT2D eigenvalue weighted by Gasteiger charge is 2.39. The molecule has 1 aliphatic rings. The molecule has 0 saturated carbocycles. The van der Waals surface area contributed by atoms with Gasteiger partial charge in [-0.3, -0.25) is 4.79 Å². The molecule has 7 heteroatoms. The van der Waals surface area contributed by atoms with Crippen LogP contribution in [-0.2, 0) is 21.2 Å². The molecule has 2 rings (SSSR count). The van der Waals surface area contributed by atoms with E-state index in [1.807, 2.05) is 13.8 Å². The Bertz CT molecular complexity index is 593. The number of nitrogens with zero attached hydrogens (tertiary/aromatic N) is 1. The molecular weight excluding hydrogens is 298 g/mol. The Morgan fingerprint density at radius 3 is 2.75 bits per heavy atom. The first kappa shape index (κ1) is 15.5. The minimum Gasteiger partial charge on any atom is -0.481 e. The summed E-state index contributed by atoms with van der Waals surface area (Å²) in [5.41, 5.74) is 0. The first-order valence-electron chi connectivity index (χ1n) is 6.70. The lowest BCUT2D eigenvalue weighted by Gasteiger charge is -2.26. The van der Waals surface area contributed by atoms with Gasteiger partial charge in [-0.15, -0.1) is 11.3 Å². The van der Waals surface area contributed by atoms with Crippen LogP contribution in [0, 0.1) is 0 Å². The Morgan fingerprint density at radius 1 is 1.45 bits per heavy atom. The summed E-state index contributed by atoms with van der Waals surface area (Å²) in [6.07, 6.45) is 2.44. The highest BCUT2D eigenvalue weighted by atomic mass is 32.2. The average molecular weight is 317 g/mol. The zero-order chi connectivity index (χ0) is 14.9. The van der Waals surface area contributed by atoms with Crippen molar-refractivity contribution >= 4 is 27.3 Å². The summed E-state index contributed by atoms with van der Waals surface area (Å²) in [7, 11) is -3.51. The van der Waals surface area contributed by atoms with Crippen LogP contribution in [0.15, 0.2) is 16.3 Å². The molecule has 0 amide bonds. The van der Waals surface area contributed by atoms with Crippen LogP contribution in [-0.4, -0.2) is 35.9 Å². The van der Waals surface area contributed by atoms with E-state index >= 15 is 0 Å². The van der Waals surface area contributed by atoms with Gasteiger partial charge in [0.05, 0.1) is 6.42 Å². The van der Waals surface area contributed by atoms with Gasteiger partial charge in [-0.25, -0.2) is 8.42 Å². The number of hydrogen-bond donors (Lipinski definition) is 1. The highest BCUT2D eigenvalue weighted by molar-refractivity contribution is 7.91. The number of hydrogen-bond acceptors (Lipinski definition) is 4. The van der Waals surface area contributed by atoms with Gasteiger partial charge < -0.3 is 5.11 Å². The van der Waals surface area contributed by atoms with E-state index in [-0.39, 0.29) is 22.7 Å². The Morgan fingerprint density at radius 2 is 2.15 bits per heavy atom. The van der Waals surface area contributed by atoms with Crippen molar-refractivity contribution < 1.29 is 18.3 Å². The van der Waals surface area contributed by atoms with E-state index < -0.39 is 16.0 Å². The van der Waals surface area contributed by atoms with Crippen molar-refractivity contribution in [3.63, 3.8) is 0 Å². The van der Waals surface area contributed by atoms with E-state index in [4.69, 9.17) is 5.11 Å². The van der Waals surface area contributed by atoms with Crippen LogP contribution < -0.4 is 0 Å². The summed E-state index contributed by atoms with van der Waals surface area (Å²) < 4.78 is 27.3. The summed E-state index contributed by atoms with van der Waals surface area (Å²) in [6, 6.07) is 3.18. The zero-order valence-electron chi connectivity index (χ0n) is 11.6. The van der Waals surface area contributed by atoms with Gasteiger partial charge in [0.15, 0.2) is 0 Å². The van der Waals surface area contributed by atoms with Crippen LogP contribution >= 0.6 is 11.3 Å². The molecule has 1 N–H and O–H groups in total. The summed E-state index contributed by atoms with van der Waals surface area (Å²) in [6.45, 7) is 3.93. The molecule has 1 fully saturated rings. The summed E-state index contributed by atoms with van der Waals surface area (Å²) >= 11 is 1.06. The van der Waals surface area contributed by atoms with Crippen molar-refractivity contribution in [2.75, 3.05) is 0 Å². The van der Waals surface area contributed by atoms with E-state index in [2.05, 4.69) is 0 Å². The molecule has 1 saturated heterocycles. The highest BCUT2D eigenvalue weighted by Crippen LogP contribution is 2.34.